The molecule has 5 unspecified atom stereocenters. The first-order chi connectivity index (χ1) is 6.44. The van der Waals surface area contributed by atoms with E-state index in [1.807, 2.05) is 0 Å². The Balaban J connectivity index is 2.05. The quantitative estimate of drug-likeness (QED) is 0.613. The number of hydrogen-bond acceptors (Lipinski definition) is 0. The van der Waals surface area contributed by atoms with E-state index in [0.29, 0.717) is 5.41 Å². The van der Waals surface area contributed by atoms with E-state index in [2.05, 4.69) is 34.6 Å². The SMILES string of the molecule is CCC1C2CC(C2C)C1CC(C)(C)C. The highest BCUT2D eigenvalue weighted by atomic mass is 14.6. The average molecular weight is 194 g/mol. The Bertz CT molecular complexity index is 211. The Kier molecular flexibility index (Phi) is 2.44. The molecule has 3 rings (SSSR count). The van der Waals surface area contributed by atoms with Gasteiger partial charge in [0.1, 0.15) is 0 Å². The first-order valence-electron chi connectivity index (χ1n) is 6.44. The van der Waals surface area contributed by atoms with Crippen molar-refractivity contribution in [2.24, 2.45) is 35.0 Å². The van der Waals surface area contributed by atoms with Crippen LogP contribution in [0.3, 0.4) is 0 Å². The zero-order valence-electron chi connectivity index (χ0n) is 10.5. The van der Waals surface area contributed by atoms with Crippen LogP contribution in [0.15, 0.2) is 0 Å². The second-order valence-electron chi connectivity index (χ2n) is 6.92. The molecule has 0 radical (unpaired) electrons. The Morgan fingerprint density at radius 2 is 1.64 bits per heavy atom. The zero-order chi connectivity index (χ0) is 10.5. The van der Waals surface area contributed by atoms with Crippen LogP contribution >= 0.6 is 0 Å². The lowest BCUT2D eigenvalue weighted by Gasteiger charge is -2.35. The zero-order valence-corrected chi connectivity index (χ0v) is 10.5. The van der Waals surface area contributed by atoms with Gasteiger partial charge in [0.05, 0.1) is 0 Å². The van der Waals surface area contributed by atoms with Crippen molar-refractivity contribution in [3.63, 3.8) is 0 Å². The molecule has 0 saturated heterocycles. The van der Waals surface area contributed by atoms with E-state index in [1.54, 1.807) is 6.42 Å². The van der Waals surface area contributed by atoms with Crippen LogP contribution in [-0.4, -0.2) is 0 Å². The van der Waals surface area contributed by atoms with Crippen molar-refractivity contribution < 1.29 is 0 Å². The third-order valence-electron chi connectivity index (χ3n) is 4.86. The largest absolute Gasteiger partial charge is 0.0651 e. The van der Waals surface area contributed by atoms with E-state index >= 15 is 0 Å². The lowest BCUT2D eigenvalue weighted by atomic mass is 9.70. The van der Waals surface area contributed by atoms with Crippen LogP contribution in [0, 0.1) is 35.0 Å². The molecule has 2 bridgehead atoms. The maximum atomic E-state index is 2.49. The highest BCUT2D eigenvalue weighted by Crippen LogP contribution is 2.63. The van der Waals surface area contributed by atoms with Gasteiger partial charge in [-0.2, -0.15) is 0 Å². The van der Waals surface area contributed by atoms with Crippen LogP contribution in [0.2, 0.25) is 0 Å². The summed E-state index contributed by atoms with van der Waals surface area (Å²) in [7, 11) is 0. The van der Waals surface area contributed by atoms with Gasteiger partial charge in [0, 0.05) is 0 Å². The molecule has 5 atom stereocenters. The Hall–Kier alpha value is 0. The molecule has 0 spiro atoms. The minimum absolute atomic E-state index is 0.537. The van der Waals surface area contributed by atoms with Crippen molar-refractivity contribution in [1.82, 2.24) is 0 Å². The molecule has 0 N–H and O–H groups in total. The minimum Gasteiger partial charge on any atom is -0.0651 e. The molecule has 3 fully saturated rings. The van der Waals surface area contributed by atoms with Gasteiger partial charge in [0.15, 0.2) is 0 Å². The van der Waals surface area contributed by atoms with Crippen molar-refractivity contribution in [1.29, 1.82) is 0 Å². The monoisotopic (exact) mass is 194 g/mol. The third-order valence-corrected chi connectivity index (χ3v) is 4.86. The summed E-state index contributed by atoms with van der Waals surface area (Å²) in [5.41, 5.74) is 0.537. The van der Waals surface area contributed by atoms with Gasteiger partial charge >= 0.3 is 0 Å². The number of hydrogen-bond donors (Lipinski definition) is 0. The van der Waals surface area contributed by atoms with E-state index in [9.17, 15) is 0 Å². The summed E-state index contributed by atoms with van der Waals surface area (Å²) in [4.78, 5) is 0. The van der Waals surface area contributed by atoms with Gasteiger partial charge in [-0.05, 0) is 47.8 Å². The molecule has 0 aliphatic heterocycles. The normalized spacial score (nSPS) is 46.5. The average Bonchev–Trinajstić information content (AvgIpc) is 2.51. The molecular weight excluding hydrogens is 168 g/mol. The molecule has 0 aromatic carbocycles. The fourth-order valence-corrected chi connectivity index (χ4v) is 4.25. The van der Waals surface area contributed by atoms with E-state index in [4.69, 9.17) is 0 Å². The maximum absolute atomic E-state index is 2.49. The van der Waals surface area contributed by atoms with Crippen LogP contribution in [0.4, 0.5) is 0 Å². The van der Waals surface area contributed by atoms with Crippen molar-refractivity contribution >= 4 is 0 Å². The third kappa shape index (κ3) is 1.51. The summed E-state index contributed by atoms with van der Waals surface area (Å²) in [6, 6.07) is 0. The van der Waals surface area contributed by atoms with Crippen molar-refractivity contribution in [2.45, 2.75) is 53.9 Å². The number of rotatable bonds is 2. The van der Waals surface area contributed by atoms with Crippen LogP contribution < -0.4 is 0 Å². The molecular formula is C14H26. The summed E-state index contributed by atoms with van der Waals surface area (Å²) in [6.45, 7) is 12.1. The van der Waals surface area contributed by atoms with Gasteiger partial charge < -0.3 is 0 Å². The van der Waals surface area contributed by atoms with E-state index in [-0.39, 0.29) is 0 Å². The second kappa shape index (κ2) is 3.25. The standard InChI is InChI=1S/C14H26/c1-6-10-11-7-12(9(11)2)13(10)8-14(3,4)5/h9-13H,6-8H2,1-5H3. The van der Waals surface area contributed by atoms with E-state index in [0.717, 1.165) is 29.6 Å². The maximum Gasteiger partial charge on any atom is -0.0347 e. The smallest absolute Gasteiger partial charge is 0.0347 e. The molecule has 0 heterocycles. The summed E-state index contributed by atoms with van der Waals surface area (Å²) in [6.07, 6.45) is 4.43. The molecule has 0 aromatic heterocycles. The molecule has 82 valence electrons. The highest BCUT2D eigenvalue weighted by Gasteiger charge is 2.56. The fraction of sp³-hybridized carbons (Fsp3) is 1.00. The van der Waals surface area contributed by atoms with E-state index < -0.39 is 0 Å². The van der Waals surface area contributed by atoms with Gasteiger partial charge in [-0.1, -0.05) is 41.0 Å². The second-order valence-corrected chi connectivity index (χ2v) is 6.92. The lowest BCUT2D eigenvalue weighted by molar-refractivity contribution is 0.140. The summed E-state index contributed by atoms with van der Waals surface area (Å²) >= 11 is 0. The Labute approximate surface area is 89.5 Å². The molecule has 3 aliphatic rings. The van der Waals surface area contributed by atoms with Crippen LogP contribution in [0.25, 0.3) is 0 Å². The molecule has 0 amide bonds. The van der Waals surface area contributed by atoms with Crippen molar-refractivity contribution in [3.05, 3.63) is 0 Å². The van der Waals surface area contributed by atoms with Crippen LogP contribution in [-0.2, 0) is 0 Å². The molecule has 0 aromatic rings. The number of fused-ring (bicyclic) bond motifs is 1. The molecule has 14 heavy (non-hydrogen) atoms. The molecule has 0 nitrogen and oxygen atoms in total. The Morgan fingerprint density at radius 3 is 2.07 bits per heavy atom. The van der Waals surface area contributed by atoms with E-state index in [1.165, 1.54) is 12.8 Å². The first kappa shape index (κ1) is 10.5. The summed E-state index contributed by atoms with van der Waals surface area (Å²) in [5.74, 6) is 5.35. The van der Waals surface area contributed by atoms with Gasteiger partial charge in [0.25, 0.3) is 0 Å². The predicted octanol–water partition coefficient (Wildman–Crippen LogP) is 4.35. The van der Waals surface area contributed by atoms with Gasteiger partial charge in [-0.15, -0.1) is 0 Å². The summed E-state index contributed by atoms with van der Waals surface area (Å²) < 4.78 is 0. The first-order valence-corrected chi connectivity index (χ1v) is 6.44. The van der Waals surface area contributed by atoms with Gasteiger partial charge in [0.2, 0.25) is 0 Å². The lowest BCUT2D eigenvalue weighted by Crippen LogP contribution is -2.28. The van der Waals surface area contributed by atoms with Crippen molar-refractivity contribution in [3.8, 4) is 0 Å². The fourth-order valence-electron chi connectivity index (χ4n) is 4.25. The topological polar surface area (TPSA) is 0 Å². The molecule has 0 heteroatoms. The molecule has 3 aliphatic carbocycles. The predicted molar refractivity (Wildman–Crippen MR) is 62.1 cm³/mol. The Morgan fingerprint density at radius 1 is 1.07 bits per heavy atom. The minimum atomic E-state index is 0.537. The van der Waals surface area contributed by atoms with Crippen molar-refractivity contribution in [2.75, 3.05) is 0 Å². The van der Waals surface area contributed by atoms with Gasteiger partial charge in [-0.25, -0.2) is 0 Å². The van der Waals surface area contributed by atoms with Crippen LogP contribution in [0.1, 0.15) is 53.9 Å². The highest BCUT2D eigenvalue weighted by molar-refractivity contribution is 5.04. The van der Waals surface area contributed by atoms with Crippen LogP contribution in [0.5, 0.6) is 0 Å². The summed E-state index contributed by atoms with van der Waals surface area (Å²) in [5, 5.41) is 0. The molecule has 3 saturated carbocycles. The van der Waals surface area contributed by atoms with Gasteiger partial charge in [-0.3, -0.25) is 0 Å².